The first kappa shape index (κ1) is 32.5. The molecule has 5 heteroatoms. The molecule has 2 aromatic heterocycles. The van der Waals surface area contributed by atoms with Crippen molar-refractivity contribution in [2.45, 2.75) is 6.17 Å². The molecule has 0 saturated carbocycles. The number of hydrogen-bond acceptors (Lipinski definition) is 5. The molecule has 1 atom stereocenters. The standard InChI is InChI=1S/C53H33N3O2/c1-2-11-32(12-3-1)35-17-10-18-36(25-35)41-29-45(50-44-27-37-15-6-7-16-38(37)30-48(44)58-49(50)31-41)53-55-51(39-22-21-33-13-4-5-14-34(33)26-39)54-52(56-53)40-23-24-47-43(28-40)42-19-8-9-20-46(42)57-47/h1-31,52H,(H,54,55,56). The van der Waals surface area contributed by atoms with Crippen LogP contribution in [0.2, 0.25) is 0 Å². The van der Waals surface area contributed by atoms with Crippen LogP contribution >= 0.6 is 0 Å². The van der Waals surface area contributed by atoms with E-state index < -0.39 is 6.17 Å². The van der Waals surface area contributed by atoms with Gasteiger partial charge in [-0.3, -0.25) is 0 Å². The predicted molar refractivity (Wildman–Crippen MR) is 239 cm³/mol. The van der Waals surface area contributed by atoms with Crippen molar-refractivity contribution in [1.29, 1.82) is 0 Å². The maximum absolute atomic E-state index is 6.80. The zero-order valence-electron chi connectivity index (χ0n) is 31.2. The number of amidine groups is 2. The molecular weight excluding hydrogens is 711 g/mol. The molecule has 0 radical (unpaired) electrons. The zero-order valence-corrected chi connectivity index (χ0v) is 31.2. The average molecular weight is 744 g/mol. The minimum atomic E-state index is -0.439. The topological polar surface area (TPSA) is 63.0 Å². The SMILES string of the molecule is c1ccc(-c2cccc(-c3cc(C4=NC(c5ccc6ccccc6c5)=NC(c5ccc6oc7ccccc7c6c5)N4)c4c(c3)oc3cc5ccccc5cc34)c2)cc1. The van der Waals surface area contributed by atoms with Gasteiger partial charge in [0, 0.05) is 32.7 Å². The largest absolute Gasteiger partial charge is 0.456 e. The van der Waals surface area contributed by atoms with Crippen molar-refractivity contribution in [3.8, 4) is 22.3 Å². The fourth-order valence-corrected chi connectivity index (χ4v) is 8.58. The third-order valence-electron chi connectivity index (χ3n) is 11.5. The molecule has 11 aromatic rings. The van der Waals surface area contributed by atoms with Gasteiger partial charge in [-0.1, -0.05) is 133 Å². The average Bonchev–Trinajstić information content (AvgIpc) is 3.85. The van der Waals surface area contributed by atoms with Gasteiger partial charge in [0.25, 0.3) is 0 Å². The van der Waals surface area contributed by atoms with Crippen molar-refractivity contribution < 1.29 is 8.83 Å². The third kappa shape index (κ3) is 5.40. The molecule has 1 aliphatic rings. The van der Waals surface area contributed by atoms with E-state index in [9.17, 15) is 0 Å². The minimum absolute atomic E-state index is 0.439. The number of nitrogens with one attached hydrogen (secondary N) is 1. The Balaban J connectivity index is 1.09. The van der Waals surface area contributed by atoms with Gasteiger partial charge >= 0.3 is 0 Å². The first-order valence-electron chi connectivity index (χ1n) is 19.6. The number of rotatable bonds is 5. The van der Waals surface area contributed by atoms with Gasteiger partial charge in [-0.05, 0) is 104 Å². The van der Waals surface area contributed by atoms with Crippen molar-refractivity contribution >= 4 is 77.1 Å². The first-order valence-corrected chi connectivity index (χ1v) is 19.6. The van der Waals surface area contributed by atoms with Gasteiger partial charge in [-0.2, -0.15) is 0 Å². The molecule has 272 valence electrons. The predicted octanol–water partition coefficient (Wildman–Crippen LogP) is 13.6. The highest BCUT2D eigenvalue weighted by atomic mass is 16.3. The van der Waals surface area contributed by atoms with Crippen LogP contribution in [0, 0.1) is 0 Å². The summed E-state index contributed by atoms with van der Waals surface area (Å²) in [4.78, 5) is 10.7. The Morgan fingerprint density at radius 2 is 1.09 bits per heavy atom. The van der Waals surface area contributed by atoms with Crippen LogP contribution in [0.3, 0.4) is 0 Å². The summed E-state index contributed by atoms with van der Waals surface area (Å²) in [6.45, 7) is 0. The Hall–Kier alpha value is -7.76. The van der Waals surface area contributed by atoms with E-state index in [2.05, 4.69) is 181 Å². The molecule has 1 aliphatic heterocycles. The molecule has 1 unspecified atom stereocenters. The molecule has 3 heterocycles. The van der Waals surface area contributed by atoms with Gasteiger partial charge in [-0.25, -0.2) is 9.98 Å². The summed E-state index contributed by atoms with van der Waals surface area (Å²) in [6.07, 6.45) is -0.439. The number of furan rings is 2. The normalized spacial score (nSPS) is 14.4. The lowest BCUT2D eigenvalue weighted by Gasteiger charge is -2.24. The van der Waals surface area contributed by atoms with Gasteiger partial charge in [-0.15, -0.1) is 0 Å². The number of aliphatic imine (C=N–C) groups is 2. The second-order valence-corrected chi connectivity index (χ2v) is 15.0. The molecule has 5 nitrogen and oxygen atoms in total. The lowest BCUT2D eigenvalue weighted by Crippen LogP contribution is -2.33. The second-order valence-electron chi connectivity index (χ2n) is 15.0. The van der Waals surface area contributed by atoms with Crippen molar-refractivity contribution in [3.05, 3.63) is 205 Å². The first-order chi connectivity index (χ1) is 28.7. The van der Waals surface area contributed by atoms with Gasteiger partial charge in [0.05, 0.1) is 0 Å². The second kappa shape index (κ2) is 12.9. The summed E-state index contributed by atoms with van der Waals surface area (Å²) in [5.41, 5.74) is 10.7. The molecule has 0 aliphatic carbocycles. The van der Waals surface area contributed by atoms with Crippen LogP contribution in [0.4, 0.5) is 0 Å². The van der Waals surface area contributed by atoms with E-state index in [1.165, 1.54) is 10.9 Å². The molecule has 1 N–H and O–H groups in total. The Morgan fingerprint density at radius 3 is 1.95 bits per heavy atom. The lowest BCUT2D eigenvalue weighted by molar-refractivity contribution is 0.663. The molecule has 0 fully saturated rings. The highest BCUT2D eigenvalue weighted by molar-refractivity contribution is 6.24. The van der Waals surface area contributed by atoms with E-state index >= 15 is 0 Å². The van der Waals surface area contributed by atoms with Crippen LogP contribution < -0.4 is 5.32 Å². The van der Waals surface area contributed by atoms with E-state index in [0.717, 1.165) is 99.3 Å². The highest BCUT2D eigenvalue weighted by Gasteiger charge is 2.26. The molecular formula is C53H33N3O2. The molecule has 0 bridgehead atoms. The van der Waals surface area contributed by atoms with E-state index in [1.54, 1.807) is 0 Å². The van der Waals surface area contributed by atoms with E-state index in [1.807, 2.05) is 12.1 Å². The molecule has 58 heavy (non-hydrogen) atoms. The van der Waals surface area contributed by atoms with Crippen molar-refractivity contribution in [1.82, 2.24) is 5.32 Å². The van der Waals surface area contributed by atoms with Crippen molar-refractivity contribution in [2.24, 2.45) is 9.98 Å². The van der Waals surface area contributed by atoms with Gasteiger partial charge in [0.15, 0.2) is 5.84 Å². The Bertz CT molecular complexity index is 3500. The summed E-state index contributed by atoms with van der Waals surface area (Å²) in [6, 6.07) is 65.9. The van der Waals surface area contributed by atoms with Crippen LogP contribution in [-0.2, 0) is 0 Å². The van der Waals surface area contributed by atoms with E-state index in [0.29, 0.717) is 5.84 Å². The maximum Gasteiger partial charge on any atom is 0.159 e. The zero-order chi connectivity index (χ0) is 38.2. The monoisotopic (exact) mass is 743 g/mol. The molecule has 0 amide bonds. The number of fused-ring (bicyclic) bond motifs is 8. The fraction of sp³-hybridized carbons (Fsp3) is 0.0189. The Labute approximate surface area is 333 Å². The van der Waals surface area contributed by atoms with E-state index in [4.69, 9.17) is 18.8 Å². The van der Waals surface area contributed by atoms with Crippen LogP contribution in [-0.4, -0.2) is 11.7 Å². The van der Waals surface area contributed by atoms with Gasteiger partial charge in [0.1, 0.15) is 34.3 Å². The Kier molecular flexibility index (Phi) is 7.23. The molecule has 12 rings (SSSR count). The highest BCUT2D eigenvalue weighted by Crippen LogP contribution is 2.40. The fourth-order valence-electron chi connectivity index (χ4n) is 8.58. The smallest absolute Gasteiger partial charge is 0.159 e. The van der Waals surface area contributed by atoms with Crippen LogP contribution in [0.15, 0.2) is 207 Å². The third-order valence-corrected chi connectivity index (χ3v) is 11.5. The van der Waals surface area contributed by atoms with Crippen molar-refractivity contribution in [2.75, 3.05) is 0 Å². The quantitative estimate of drug-likeness (QED) is 0.191. The van der Waals surface area contributed by atoms with E-state index in [-0.39, 0.29) is 0 Å². The summed E-state index contributed by atoms with van der Waals surface area (Å²) < 4.78 is 13.0. The Morgan fingerprint density at radius 1 is 0.397 bits per heavy atom. The molecule has 0 spiro atoms. The summed E-state index contributed by atoms with van der Waals surface area (Å²) in [5.74, 6) is 1.38. The molecule has 9 aromatic carbocycles. The van der Waals surface area contributed by atoms with Gasteiger partial charge in [0.2, 0.25) is 0 Å². The number of benzene rings is 9. The van der Waals surface area contributed by atoms with Crippen LogP contribution in [0.25, 0.3) is 87.7 Å². The number of para-hydroxylation sites is 1. The lowest BCUT2D eigenvalue weighted by atomic mass is 9.94. The van der Waals surface area contributed by atoms with Crippen LogP contribution in [0.1, 0.15) is 22.9 Å². The van der Waals surface area contributed by atoms with Crippen molar-refractivity contribution in [3.63, 3.8) is 0 Å². The maximum atomic E-state index is 6.80. The summed E-state index contributed by atoms with van der Waals surface area (Å²) >= 11 is 0. The molecule has 0 saturated heterocycles. The number of hydrogen-bond donors (Lipinski definition) is 1. The minimum Gasteiger partial charge on any atom is -0.456 e. The summed E-state index contributed by atoms with van der Waals surface area (Å²) in [7, 11) is 0. The van der Waals surface area contributed by atoms with Crippen LogP contribution in [0.5, 0.6) is 0 Å². The number of nitrogens with zero attached hydrogens (tertiary/aromatic N) is 2. The van der Waals surface area contributed by atoms with Gasteiger partial charge < -0.3 is 14.2 Å². The summed E-state index contributed by atoms with van der Waals surface area (Å²) in [5, 5.41) is 12.6.